The van der Waals surface area contributed by atoms with Gasteiger partial charge in [0.25, 0.3) is 0 Å². The van der Waals surface area contributed by atoms with Crippen molar-refractivity contribution in [1.82, 2.24) is 15.0 Å². The van der Waals surface area contributed by atoms with Crippen molar-refractivity contribution in [3.05, 3.63) is 16.4 Å². The fourth-order valence-electron chi connectivity index (χ4n) is 2.06. The van der Waals surface area contributed by atoms with Gasteiger partial charge in [0.2, 0.25) is 10.6 Å². The van der Waals surface area contributed by atoms with E-state index in [1.807, 2.05) is 0 Å². The lowest BCUT2D eigenvalue weighted by molar-refractivity contribution is 0.557. The van der Waals surface area contributed by atoms with Gasteiger partial charge in [-0.3, -0.25) is 0 Å². The molecule has 3 nitrogen and oxygen atoms in total. The normalized spacial score (nSPS) is 18.8. The molecule has 1 fully saturated rings. The van der Waals surface area contributed by atoms with Crippen molar-refractivity contribution in [2.75, 3.05) is 0 Å². The average molecular weight is 246 g/mol. The van der Waals surface area contributed by atoms with Crippen molar-refractivity contribution in [3.8, 4) is 0 Å². The highest BCUT2D eigenvalue weighted by Crippen LogP contribution is 2.30. The van der Waals surface area contributed by atoms with Gasteiger partial charge in [-0.15, -0.1) is 0 Å². The van der Waals surface area contributed by atoms with Crippen LogP contribution in [0.4, 0.5) is 0 Å². The van der Waals surface area contributed by atoms with Crippen LogP contribution in [-0.4, -0.2) is 15.0 Å². The molecule has 1 aromatic heterocycles. The second-order valence-electron chi connectivity index (χ2n) is 3.92. The summed E-state index contributed by atoms with van der Waals surface area (Å²) in [6.07, 6.45) is 7.37. The van der Waals surface area contributed by atoms with Crippen LogP contribution in [0.15, 0.2) is 0 Å². The molecule has 0 atom stereocenters. The summed E-state index contributed by atoms with van der Waals surface area (Å²) in [6, 6.07) is 0. The zero-order chi connectivity index (χ0) is 10.7. The number of hydrogen-bond acceptors (Lipinski definition) is 3. The number of rotatable bonds is 1. The Morgan fingerprint density at radius 1 is 0.800 bits per heavy atom. The number of nitrogens with zero attached hydrogens (tertiary/aromatic N) is 3. The molecule has 0 N–H and O–H groups in total. The van der Waals surface area contributed by atoms with E-state index in [1.165, 1.54) is 25.7 Å². The van der Waals surface area contributed by atoms with E-state index in [4.69, 9.17) is 23.2 Å². The van der Waals surface area contributed by atoms with Crippen LogP contribution in [0.5, 0.6) is 0 Å². The third-order valence-electron chi connectivity index (χ3n) is 2.82. The van der Waals surface area contributed by atoms with E-state index in [0.717, 1.165) is 18.7 Å². The second-order valence-corrected chi connectivity index (χ2v) is 4.60. The molecule has 0 amide bonds. The number of halogens is 2. The summed E-state index contributed by atoms with van der Waals surface area (Å²) < 4.78 is 0. The maximum atomic E-state index is 5.76. The topological polar surface area (TPSA) is 38.7 Å². The molecule has 0 unspecified atom stereocenters. The fraction of sp³-hybridized carbons (Fsp3) is 0.700. The van der Waals surface area contributed by atoms with Crippen molar-refractivity contribution in [2.24, 2.45) is 0 Å². The van der Waals surface area contributed by atoms with Gasteiger partial charge in [0.05, 0.1) is 0 Å². The maximum Gasteiger partial charge on any atom is 0.226 e. The largest absolute Gasteiger partial charge is 0.226 e. The van der Waals surface area contributed by atoms with Gasteiger partial charge < -0.3 is 0 Å². The third kappa shape index (κ3) is 3.02. The molecule has 1 heterocycles. The van der Waals surface area contributed by atoms with Crippen LogP contribution < -0.4 is 0 Å². The molecule has 0 spiro atoms. The van der Waals surface area contributed by atoms with Gasteiger partial charge in [-0.1, -0.05) is 25.7 Å². The van der Waals surface area contributed by atoms with Crippen LogP contribution in [0.2, 0.25) is 10.6 Å². The molecule has 0 bridgehead atoms. The number of hydrogen-bond donors (Lipinski definition) is 0. The summed E-state index contributed by atoms with van der Waals surface area (Å²) >= 11 is 11.5. The molecule has 82 valence electrons. The zero-order valence-corrected chi connectivity index (χ0v) is 9.93. The Kier molecular flexibility index (Phi) is 3.76. The quantitative estimate of drug-likeness (QED) is 0.710. The minimum Gasteiger partial charge on any atom is -0.202 e. The Morgan fingerprint density at radius 2 is 1.33 bits per heavy atom. The molecule has 2 rings (SSSR count). The monoisotopic (exact) mass is 245 g/mol. The molecule has 1 saturated carbocycles. The van der Waals surface area contributed by atoms with E-state index in [9.17, 15) is 0 Å². The van der Waals surface area contributed by atoms with Gasteiger partial charge in [0.15, 0.2) is 0 Å². The Hall–Kier alpha value is -0.410. The van der Waals surface area contributed by atoms with E-state index >= 15 is 0 Å². The Labute approximate surface area is 99.2 Å². The lowest BCUT2D eigenvalue weighted by atomic mass is 10.00. The first kappa shape index (κ1) is 11.1. The summed E-state index contributed by atoms with van der Waals surface area (Å²) in [5, 5.41) is 0.406. The minimum atomic E-state index is 0.203. The van der Waals surface area contributed by atoms with E-state index in [0.29, 0.717) is 5.92 Å². The number of aromatic nitrogens is 3. The van der Waals surface area contributed by atoms with Gasteiger partial charge >= 0.3 is 0 Å². The van der Waals surface area contributed by atoms with Gasteiger partial charge in [0, 0.05) is 5.92 Å². The van der Waals surface area contributed by atoms with Crippen LogP contribution in [0.25, 0.3) is 0 Å². The summed E-state index contributed by atoms with van der Waals surface area (Å²) in [4.78, 5) is 12.1. The van der Waals surface area contributed by atoms with Crippen molar-refractivity contribution in [3.63, 3.8) is 0 Å². The van der Waals surface area contributed by atoms with Gasteiger partial charge in [0.1, 0.15) is 5.82 Å². The fourth-order valence-corrected chi connectivity index (χ4v) is 2.44. The highest BCUT2D eigenvalue weighted by atomic mass is 35.5. The highest BCUT2D eigenvalue weighted by molar-refractivity contribution is 6.31. The molecule has 1 aliphatic carbocycles. The predicted octanol–water partition coefficient (Wildman–Crippen LogP) is 3.62. The van der Waals surface area contributed by atoms with Crippen LogP contribution in [0.1, 0.15) is 50.3 Å². The SMILES string of the molecule is Clc1nc(Cl)nc(C2CCCCCC2)n1. The maximum absolute atomic E-state index is 5.76. The standard InChI is InChI=1S/C10H13Cl2N3/c11-9-13-8(14-10(12)15-9)7-5-3-1-2-4-6-7/h7H,1-6H2. The summed E-state index contributed by atoms with van der Waals surface area (Å²) in [5.41, 5.74) is 0. The minimum absolute atomic E-state index is 0.203. The van der Waals surface area contributed by atoms with Gasteiger partial charge in [-0.05, 0) is 36.0 Å². The van der Waals surface area contributed by atoms with E-state index in [-0.39, 0.29) is 10.6 Å². The first-order chi connectivity index (χ1) is 7.25. The first-order valence-electron chi connectivity index (χ1n) is 5.32. The molecule has 0 aliphatic heterocycles. The summed E-state index contributed by atoms with van der Waals surface area (Å²) in [6.45, 7) is 0. The van der Waals surface area contributed by atoms with E-state index in [2.05, 4.69) is 15.0 Å². The molecule has 1 aliphatic rings. The summed E-state index contributed by atoms with van der Waals surface area (Å²) in [7, 11) is 0. The van der Waals surface area contributed by atoms with Gasteiger partial charge in [-0.25, -0.2) is 9.97 Å². The molecule has 0 saturated heterocycles. The smallest absolute Gasteiger partial charge is 0.202 e. The van der Waals surface area contributed by atoms with Crippen molar-refractivity contribution < 1.29 is 0 Å². The van der Waals surface area contributed by atoms with Crippen molar-refractivity contribution >= 4 is 23.2 Å². The molecule has 5 heteroatoms. The lowest BCUT2D eigenvalue weighted by Gasteiger charge is -2.11. The highest BCUT2D eigenvalue weighted by Gasteiger charge is 2.18. The molecular weight excluding hydrogens is 233 g/mol. The molecule has 1 aromatic rings. The van der Waals surface area contributed by atoms with E-state index < -0.39 is 0 Å². The first-order valence-corrected chi connectivity index (χ1v) is 6.08. The Morgan fingerprint density at radius 3 is 1.87 bits per heavy atom. The Bertz CT molecular complexity index is 315. The Balaban J connectivity index is 2.19. The van der Waals surface area contributed by atoms with E-state index in [1.54, 1.807) is 0 Å². The predicted molar refractivity (Wildman–Crippen MR) is 60.3 cm³/mol. The molecular formula is C10H13Cl2N3. The third-order valence-corrected chi connectivity index (χ3v) is 3.16. The van der Waals surface area contributed by atoms with Gasteiger partial charge in [-0.2, -0.15) is 4.98 Å². The van der Waals surface area contributed by atoms with Crippen LogP contribution in [-0.2, 0) is 0 Å². The van der Waals surface area contributed by atoms with Crippen LogP contribution >= 0.6 is 23.2 Å². The van der Waals surface area contributed by atoms with Crippen LogP contribution in [0.3, 0.4) is 0 Å². The summed E-state index contributed by atoms with van der Waals surface area (Å²) in [5.74, 6) is 1.17. The zero-order valence-electron chi connectivity index (χ0n) is 8.42. The van der Waals surface area contributed by atoms with Crippen molar-refractivity contribution in [1.29, 1.82) is 0 Å². The molecule has 0 radical (unpaired) electrons. The molecule has 0 aromatic carbocycles. The molecule has 15 heavy (non-hydrogen) atoms. The second kappa shape index (κ2) is 5.08. The average Bonchev–Trinajstić information content (AvgIpc) is 2.43. The van der Waals surface area contributed by atoms with Crippen LogP contribution in [0, 0.1) is 0 Å². The lowest BCUT2D eigenvalue weighted by Crippen LogP contribution is -2.05. The van der Waals surface area contributed by atoms with Crippen molar-refractivity contribution in [2.45, 2.75) is 44.4 Å².